The van der Waals surface area contributed by atoms with Crippen LogP contribution in [0.4, 0.5) is 0 Å². The van der Waals surface area contributed by atoms with Crippen molar-refractivity contribution in [3.63, 3.8) is 0 Å². The third-order valence-electron chi connectivity index (χ3n) is 5.70. The average molecular weight is 371 g/mol. The molecule has 1 amide bonds. The van der Waals surface area contributed by atoms with E-state index in [9.17, 15) is 4.79 Å². The van der Waals surface area contributed by atoms with Crippen molar-refractivity contribution in [2.75, 3.05) is 13.1 Å². The standard InChI is InChI=1S/C22H26N2O.ClH/c1-2-21(25)24-19-13-14-20(24)16-23(15-19)22(17-9-5-3-6-10-17)18-11-7-4-8-12-18;/h3-12,19-20,22H,2,13-16H2,1H3;1H. The Morgan fingerprint density at radius 1 is 0.923 bits per heavy atom. The second-order valence-electron chi connectivity index (χ2n) is 7.22. The van der Waals surface area contributed by atoms with Crippen molar-refractivity contribution >= 4 is 18.3 Å². The second-order valence-corrected chi connectivity index (χ2v) is 7.22. The number of halogens is 1. The van der Waals surface area contributed by atoms with E-state index in [0.717, 1.165) is 25.9 Å². The lowest BCUT2D eigenvalue weighted by atomic mass is 9.95. The summed E-state index contributed by atoms with van der Waals surface area (Å²) in [6.45, 7) is 3.91. The Kier molecular flexibility index (Phi) is 6.00. The van der Waals surface area contributed by atoms with Crippen LogP contribution in [0.1, 0.15) is 43.4 Å². The number of piperazine rings is 1. The van der Waals surface area contributed by atoms with Gasteiger partial charge in [-0.1, -0.05) is 67.6 Å². The summed E-state index contributed by atoms with van der Waals surface area (Å²) in [6, 6.07) is 22.6. The van der Waals surface area contributed by atoms with E-state index in [2.05, 4.69) is 70.5 Å². The quantitative estimate of drug-likeness (QED) is 0.801. The normalized spacial score (nSPS) is 22.3. The summed E-state index contributed by atoms with van der Waals surface area (Å²) >= 11 is 0. The first-order valence-electron chi connectivity index (χ1n) is 9.43. The van der Waals surface area contributed by atoms with Crippen LogP contribution in [-0.4, -0.2) is 40.9 Å². The van der Waals surface area contributed by atoms with Gasteiger partial charge >= 0.3 is 0 Å². The summed E-state index contributed by atoms with van der Waals surface area (Å²) in [7, 11) is 0. The molecule has 0 radical (unpaired) electrons. The minimum Gasteiger partial charge on any atom is -0.334 e. The van der Waals surface area contributed by atoms with Crippen molar-refractivity contribution in [1.82, 2.24) is 9.80 Å². The second kappa shape index (κ2) is 8.24. The molecule has 2 heterocycles. The van der Waals surface area contributed by atoms with E-state index >= 15 is 0 Å². The highest BCUT2D eigenvalue weighted by atomic mass is 35.5. The molecule has 2 fully saturated rings. The number of benzene rings is 2. The molecule has 138 valence electrons. The van der Waals surface area contributed by atoms with Gasteiger partial charge in [0.05, 0.1) is 6.04 Å². The molecular weight excluding hydrogens is 344 g/mol. The summed E-state index contributed by atoms with van der Waals surface area (Å²) in [5.74, 6) is 0.322. The van der Waals surface area contributed by atoms with Crippen LogP contribution in [0.15, 0.2) is 60.7 Å². The third kappa shape index (κ3) is 3.51. The molecule has 2 aromatic rings. The van der Waals surface area contributed by atoms with Crippen LogP contribution in [0.2, 0.25) is 0 Å². The van der Waals surface area contributed by atoms with Crippen molar-refractivity contribution in [3.05, 3.63) is 71.8 Å². The zero-order valence-electron chi connectivity index (χ0n) is 15.3. The van der Waals surface area contributed by atoms with E-state index < -0.39 is 0 Å². The highest BCUT2D eigenvalue weighted by Gasteiger charge is 2.43. The Labute approximate surface area is 162 Å². The number of hydrogen-bond donors (Lipinski definition) is 0. The topological polar surface area (TPSA) is 23.6 Å². The molecule has 2 unspecified atom stereocenters. The van der Waals surface area contributed by atoms with Crippen LogP contribution in [0.3, 0.4) is 0 Å². The van der Waals surface area contributed by atoms with E-state index in [0.29, 0.717) is 24.4 Å². The first-order chi connectivity index (χ1) is 12.3. The fourth-order valence-electron chi connectivity index (χ4n) is 4.62. The maximum absolute atomic E-state index is 12.4. The molecule has 2 aliphatic heterocycles. The number of likely N-dealkylation sites (tertiary alicyclic amines) is 1. The van der Waals surface area contributed by atoms with Gasteiger partial charge in [-0.15, -0.1) is 12.4 Å². The Balaban J connectivity index is 0.00000196. The van der Waals surface area contributed by atoms with E-state index in [1.165, 1.54) is 11.1 Å². The molecular formula is C22H27ClN2O. The van der Waals surface area contributed by atoms with E-state index in [4.69, 9.17) is 0 Å². The molecule has 2 saturated heterocycles. The number of fused-ring (bicyclic) bond motifs is 2. The monoisotopic (exact) mass is 370 g/mol. The van der Waals surface area contributed by atoms with Gasteiger partial charge in [-0.25, -0.2) is 0 Å². The highest BCUT2D eigenvalue weighted by molar-refractivity contribution is 5.85. The van der Waals surface area contributed by atoms with Crippen LogP contribution in [0.25, 0.3) is 0 Å². The molecule has 2 bridgehead atoms. The Hall–Kier alpha value is -1.84. The summed E-state index contributed by atoms with van der Waals surface area (Å²) in [6.07, 6.45) is 2.90. The Bertz CT molecular complexity index is 668. The Morgan fingerprint density at radius 3 is 1.81 bits per heavy atom. The van der Waals surface area contributed by atoms with Crippen molar-refractivity contribution in [1.29, 1.82) is 0 Å². The fourth-order valence-corrected chi connectivity index (χ4v) is 4.62. The van der Waals surface area contributed by atoms with E-state index in [1.54, 1.807) is 0 Å². The van der Waals surface area contributed by atoms with E-state index in [-0.39, 0.29) is 18.4 Å². The smallest absolute Gasteiger partial charge is 0.222 e. The summed E-state index contributed by atoms with van der Waals surface area (Å²) < 4.78 is 0. The zero-order chi connectivity index (χ0) is 17.2. The van der Waals surface area contributed by atoms with Gasteiger partial charge in [0.25, 0.3) is 0 Å². The molecule has 0 saturated carbocycles. The molecule has 2 aromatic carbocycles. The summed E-state index contributed by atoms with van der Waals surface area (Å²) in [5, 5.41) is 0. The maximum Gasteiger partial charge on any atom is 0.222 e. The number of amides is 1. The Morgan fingerprint density at radius 2 is 1.38 bits per heavy atom. The lowest BCUT2D eigenvalue weighted by Gasteiger charge is -2.44. The maximum atomic E-state index is 12.4. The third-order valence-corrected chi connectivity index (χ3v) is 5.70. The van der Waals surface area contributed by atoms with Gasteiger partial charge in [0.15, 0.2) is 0 Å². The van der Waals surface area contributed by atoms with Gasteiger partial charge in [0, 0.05) is 31.6 Å². The number of carbonyl (C=O) groups excluding carboxylic acids is 1. The molecule has 0 aromatic heterocycles. The van der Waals surface area contributed by atoms with Gasteiger partial charge in [0.1, 0.15) is 0 Å². The van der Waals surface area contributed by atoms with Gasteiger partial charge in [-0.3, -0.25) is 9.69 Å². The number of nitrogens with zero attached hydrogens (tertiary/aromatic N) is 2. The van der Waals surface area contributed by atoms with Crippen molar-refractivity contribution in [2.24, 2.45) is 0 Å². The van der Waals surface area contributed by atoms with Crippen LogP contribution < -0.4 is 0 Å². The molecule has 2 atom stereocenters. The largest absolute Gasteiger partial charge is 0.334 e. The lowest BCUT2D eigenvalue weighted by Crippen LogP contribution is -2.56. The highest BCUT2D eigenvalue weighted by Crippen LogP contribution is 2.37. The molecule has 4 rings (SSSR count). The van der Waals surface area contributed by atoms with Gasteiger partial charge in [-0.05, 0) is 24.0 Å². The number of hydrogen-bond acceptors (Lipinski definition) is 2. The minimum absolute atomic E-state index is 0. The summed E-state index contributed by atoms with van der Waals surface area (Å²) in [4.78, 5) is 17.1. The van der Waals surface area contributed by atoms with Crippen LogP contribution in [-0.2, 0) is 4.79 Å². The van der Waals surface area contributed by atoms with Crippen molar-refractivity contribution in [3.8, 4) is 0 Å². The average Bonchev–Trinajstić information content (AvgIpc) is 2.93. The van der Waals surface area contributed by atoms with Crippen LogP contribution in [0.5, 0.6) is 0 Å². The first kappa shape index (κ1) is 18.9. The molecule has 4 heteroatoms. The predicted octanol–water partition coefficient (Wildman–Crippen LogP) is 4.28. The SMILES string of the molecule is CCC(=O)N1C2CCC1CN(C(c1ccccc1)c1ccccc1)C2.Cl. The molecule has 2 aliphatic rings. The first-order valence-corrected chi connectivity index (χ1v) is 9.43. The van der Waals surface area contributed by atoms with Crippen LogP contribution in [0, 0.1) is 0 Å². The van der Waals surface area contributed by atoms with Gasteiger partial charge in [0.2, 0.25) is 5.91 Å². The molecule has 0 aliphatic carbocycles. The van der Waals surface area contributed by atoms with E-state index in [1.807, 2.05) is 6.92 Å². The van der Waals surface area contributed by atoms with Gasteiger partial charge in [-0.2, -0.15) is 0 Å². The molecule has 26 heavy (non-hydrogen) atoms. The number of rotatable bonds is 4. The lowest BCUT2D eigenvalue weighted by molar-refractivity contribution is -0.137. The zero-order valence-corrected chi connectivity index (χ0v) is 16.1. The summed E-state index contributed by atoms with van der Waals surface area (Å²) in [5.41, 5.74) is 2.67. The molecule has 0 N–H and O–H groups in total. The van der Waals surface area contributed by atoms with Gasteiger partial charge < -0.3 is 4.90 Å². The van der Waals surface area contributed by atoms with Crippen molar-refractivity contribution < 1.29 is 4.79 Å². The minimum atomic E-state index is 0. The molecule has 3 nitrogen and oxygen atoms in total. The van der Waals surface area contributed by atoms with Crippen LogP contribution >= 0.6 is 12.4 Å². The number of carbonyl (C=O) groups is 1. The van der Waals surface area contributed by atoms with Crippen molar-refractivity contribution in [2.45, 2.75) is 44.3 Å². The fraction of sp³-hybridized carbons (Fsp3) is 0.409. The molecule has 0 spiro atoms. The predicted molar refractivity (Wildman–Crippen MR) is 107 cm³/mol.